The SMILES string of the molecule is COc1ccc(-c2ccc3c(N)c(C(=O)Nc4nc(C)cs4)sc3n2)cc1OC. The van der Waals surface area contributed by atoms with Crippen molar-refractivity contribution in [2.75, 3.05) is 25.3 Å². The molecule has 0 bridgehead atoms. The van der Waals surface area contributed by atoms with Gasteiger partial charge in [-0.15, -0.1) is 22.7 Å². The van der Waals surface area contributed by atoms with Crippen molar-refractivity contribution in [3.8, 4) is 22.8 Å². The third-order valence-electron chi connectivity index (χ3n) is 4.32. The number of carbonyl (C=O) groups is 1. The number of nitrogens with one attached hydrogen (secondary N) is 1. The molecule has 9 heteroatoms. The van der Waals surface area contributed by atoms with E-state index in [0.717, 1.165) is 22.3 Å². The Morgan fingerprint density at radius 1 is 1.10 bits per heavy atom. The van der Waals surface area contributed by atoms with Crippen molar-refractivity contribution in [2.45, 2.75) is 6.92 Å². The van der Waals surface area contributed by atoms with Crippen molar-refractivity contribution in [1.82, 2.24) is 9.97 Å². The molecule has 3 N–H and O–H groups in total. The van der Waals surface area contributed by atoms with E-state index in [4.69, 9.17) is 20.2 Å². The van der Waals surface area contributed by atoms with Gasteiger partial charge in [0.2, 0.25) is 0 Å². The normalized spacial score (nSPS) is 10.9. The lowest BCUT2D eigenvalue weighted by molar-refractivity contribution is 0.103. The number of aryl methyl sites for hydroxylation is 1. The fourth-order valence-electron chi connectivity index (χ4n) is 2.89. The topological polar surface area (TPSA) is 99.4 Å². The molecule has 4 rings (SSSR count). The fraction of sp³-hybridized carbons (Fsp3) is 0.150. The van der Waals surface area contributed by atoms with Crippen LogP contribution in [0.15, 0.2) is 35.7 Å². The lowest BCUT2D eigenvalue weighted by atomic mass is 10.1. The number of anilines is 2. The molecule has 0 spiro atoms. The first-order valence-electron chi connectivity index (χ1n) is 8.65. The first-order valence-corrected chi connectivity index (χ1v) is 10.3. The van der Waals surface area contributed by atoms with Gasteiger partial charge in [-0.3, -0.25) is 10.1 Å². The number of nitrogens with two attached hydrogens (primary N) is 1. The van der Waals surface area contributed by atoms with E-state index in [-0.39, 0.29) is 5.91 Å². The molecule has 3 aromatic heterocycles. The molecule has 0 radical (unpaired) electrons. The Balaban J connectivity index is 1.69. The molecule has 148 valence electrons. The van der Waals surface area contributed by atoms with E-state index < -0.39 is 0 Å². The summed E-state index contributed by atoms with van der Waals surface area (Å²) in [5.41, 5.74) is 9.13. The van der Waals surface area contributed by atoms with E-state index in [1.54, 1.807) is 14.2 Å². The number of hydrogen-bond donors (Lipinski definition) is 2. The van der Waals surface area contributed by atoms with E-state index in [1.165, 1.54) is 22.7 Å². The smallest absolute Gasteiger partial charge is 0.269 e. The van der Waals surface area contributed by atoms with Crippen LogP contribution < -0.4 is 20.5 Å². The molecule has 1 amide bonds. The van der Waals surface area contributed by atoms with Crippen LogP contribution in [-0.2, 0) is 0 Å². The number of rotatable bonds is 5. The third kappa shape index (κ3) is 3.62. The molecule has 1 aromatic carbocycles. The van der Waals surface area contributed by atoms with Crippen molar-refractivity contribution >= 4 is 49.6 Å². The highest BCUT2D eigenvalue weighted by molar-refractivity contribution is 7.21. The summed E-state index contributed by atoms with van der Waals surface area (Å²) in [5, 5.41) is 5.97. The summed E-state index contributed by atoms with van der Waals surface area (Å²) in [4.78, 5) is 22.7. The van der Waals surface area contributed by atoms with Gasteiger partial charge < -0.3 is 15.2 Å². The van der Waals surface area contributed by atoms with E-state index >= 15 is 0 Å². The number of ether oxygens (including phenoxy) is 2. The van der Waals surface area contributed by atoms with Gasteiger partial charge in [-0.2, -0.15) is 0 Å². The summed E-state index contributed by atoms with van der Waals surface area (Å²) in [6.07, 6.45) is 0. The molecule has 0 unspecified atom stereocenters. The van der Waals surface area contributed by atoms with Crippen LogP contribution in [0.3, 0.4) is 0 Å². The van der Waals surface area contributed by atoms with Crippen LogP contribution in [-0.4, -0.2) is 30.1 Å². The molecule has 0 atom stereocenters. The minimum Gasteiger partial charge on any atom is -0.493 e. The molecule has 0 aliphatic rings. The summed E-state index contributed by atoms with van der Waals surface area (Å²) in [6, 6.07) is 9.36. The predicted molar refractivity (Wildman–Crippen MR) is 117 cm³/mol. The van der Waals surface area contributed by atoms with E-state index in [1.807, 2.05) is 42.6 Å². The van der Waals surface area contributed by atoms with Crippen LogP contribution >= 0.6 is 22.7 Å². The number of thiophene rings is 1. The van der Waals surface area contributed by atoms with E-state index in [2.05, 4.69) is 10.3 Å². The van der Waals surface area contributed by atoms with Crippen LogP contribution in [0.4, 0.5) is 10.8 Å². The highest BCUT2D eigenvalue weighted by atomic mass is 32.1. The maximum Gasteiger partial charge on any atom is 0.269 e. The number of thiazole rings is 1. The van der Waals surface area contributed by atoms with Gasteiger partial charge in [-0.1, -0.05) is 0 Å². The van der Waals surface area contributed by atoms with Crippen molar-refractivity contribution < 1.29 is 14.3 Å². The summed E-state index contributed by atoms with van der Waals surface area (Å²) in [7, 11) is 3.18. The van der Waals surface area contributed by atoms with Crippen LogP contribution in [0.25, 0.3) is 21.5 Å². The second-order valence-corrected chi connectivity index (χ2v) is 8.07. The second-order valence-electron chi connectivity index (χ2n) is 6.21. The van der Waals surface area contributed by atoms with Crippen LogP contribution in [0.5, 0.6) is 11.5 Å². The maximum atomic E-state index is 12.7. The van der Waals surface area contributed by atoms with E-state index in [9.17, 15) is 4.79 Å². The number of pyridine rings is 1. The predicted octanol–water partition coefficient (Wildman–Crippen LogP) is 4.58. The Kier molecular flexibility index (Phi) is 5.08. The number of nitrogen functional groups attached to an aromatic ring is 1. The number of nitrogens with zero attached hydrogens (tertiary/aromatic N) is 2. The van der Waals surface area contributed by atoms with Crippen molar-refractivity contribution in [2.24, 2.45) is 0 Å². The Morgan fingerprint density at radius 2 is 1.90 bits per heavy atom. The van der Waals surface area contributed by atoms with Crippen molar-refractivity contribution in [3.63, 3.8) is 0 Å². The minimum absolute atomic E-state index is 0.285. The van der Waals surface area contributed by atoms with Gasteiger partial charge >= 0.3 is 0 Å². The Labute approximate surface area is 175 Å². The van der Waals surface area contributed by atoms with Gasteiger partial charge in [-0.05, 0) is 37.3 Å². The van der Waals surface area contributed by atoms with Gasteiger partial charge in [-0.25, -0.2) is 9.97 Å². The quantitative estimate of drug-likeness (QED) is 0.485. The average Bonchev–Trinajstić information content (AvgIpc) is 3.29. The number of carbonyl (C=O) groups excluding carboxylic acids is 1. The number of amides is 1. The van der Waals surface area contributed by atoms with Gasteiger partial charge in [0, 0.05) is 16.3 Å². The Bertz CT molecular complexity index is 1220. The fourth-order valence-corrected chi connectivity index (χ4v) is 4.56. The molecular weight excluding hydrogens is 408 g/mol. The number of fused-ring (bicyclic) bond motifs is 1. The second kappa shape index (κ2) is 7.69. The number of benzene rings is 1. The average molecular weight is 427 g/mol. The van der Waals surface area contributed by atoms with Crippen molar-refractivity contribution in [3.05, 3.63) is 46.3 Å². The minimum atomic E-state index is -0.285. The molecular formula is C20H18N4O3S2. The molecule has 0 saturated heterocycles. The third-order valence-corrected chi connectivity index (χ3v) is 6.31. The zero-order valence-corrected chi connectivity index (χ0v) is 17.6. The Hall–Kier alpha value is -3.17. The van der Waals surface area contributed by atoms with Gasteiger partial charge in [0.1, 0.15) is 9.71 Å². The van der Waals surface area contributed by atoms with Gasteiger partial charge in [0.15, 0.2) is 16.6 Å². The lowest BCUT2D eigenvalue weighted by Crippen LogP contribution is -2.11. The van der Waals surface area contributed by atoms with Crippen molar-refractivity contribution in [1.29, 1.82) is 0 Å². The summed E-state index contributed by atoms with van der Waals surface area (Å²) >= 11 is 2.63. The largest absolute Gasteiger partial charge is 0.493 e. The number of hydrogen-bond acceptors (Lipinski definition) is 8. The number of aromatic nitrogens is 2. The molecule has 0 saturated carbocycles. The molecule has 0 aliphatic carbocycles. The zero-order chi connectivity index (χ0) is 20.5. The van der Waals surface area contributed by atoms with E-state index in [0.29, 0.717) is 32.0 Å². The molecule has 3 heterocycles. The molecule has 4 aromatic rings. The van der Waals surface area contributed by atoms with Crippen LogP contribution in [0, 0.1) is 6.92 Å². The van der Waals surface area contributed by atoms with Crippen LogP contribution in [0.2, 0.25) is 0 Å². The Morgan fingerprint density at radius 3 is 2.59 bits per heavy atom. The van der Waals surface area contributed by atoms with Gasteiger partial charge in [0.25, 0.3) is 5.91 Å². The monoisotopic (exact) mass is 426 g/mol. The highest BCUT2D eigenvalue weighted by Gasteiger charge is 2.19. The summed E-state index contributed by atoms with van der Waals surface area (Å²) < 4.78 is 10.7. The standard InChI is InChI=1S/C20H18N4O3S2/c1-10-9-28-20(22-10)24-18(25)17-16(21)12-5-6-13(23-19(12)29-17)11-4-7-14(26-2)15(8-11)27-3/h4-9H,21H2,1-3H3,(H,22,24,25). The first-order chi connectivity index (χ1) is 14.0. The highest BCUT2D eigenvalue weighted by Crippen LogP contribution is 2.36. The van der Waals surface area contributed by atoms with Crippen LogP contribution in [0.1, 0.15) is 15.4 Å². The summed E-state index contributed by atoms with van der Waals surface area (Å²) in [5.74, 6) is 0.984. The first kappa shape index (κ1) is 19.2. The molecule has 0 aliphatic heterocycles. The maximum absolute atomic E-state index is 12.7. The summed E-state index contributed by atoms with van der Waals surface area (Å²) in [6.45, 7) is 1.87. The lowest BCUT2D eigenvalue weighted by Gasteiger charge is -2.09. The molecule has 0 fully saturated rings. The van der Waals surface area contributed by atoms with Gasteiger partial charge in [0.05, 0.1) is 31.3 Å². The zero-order valence-electron chi connectivity index (χ0n) is 16.0. The number of methoxy groups -OCH3 is 2. The molecule has 7 nitrogen and oxygen atoms in total. The molecule has 29 heavy (non-hydrogen) atoms.